The van der Waals surface area contributed by atoms with Crippen LogP contribution in [-0.2, 0) is 39.0 Å². The second-order valence-corrected chi connectivity index (χ2v) is 28.0. The second-order valence-electron chi connectivity index (χ2n) is 28.0. The van der Waals surface area contributed by atoms with E-state index in [1.807, 2.05) is 0 Å². The highest BCUT2D eigenvalue weighted by Crippen LogP contribution is 2.66. The fourth-order valence-electron chi connectivity index (χ4n) is 16.1. The highest BCUT2D eigenvalue weighted by molar-refractivity contribution is 7.00. The van der Waals surface area contributed by atoms with E-state index in [9.17, 15) is 0 Å². The van der Waals surface area contributed by atoms with Crippen LogP contribution in [0.4, 0.5) is 39.8 Å². The van der Waals surface area contributed by atoms with Gasteiger partial charge >= 0.3 is 0 Å². The van der Waals surface area contributed by atoms with E-state index < -0.39 is 0 Å². The molecule has 382 valence electrons. The number of rotatable bonds is 3. The normalized spacial score (nSPS) is 23.9. The molecule has 1 fully saturated rings. The molecule has 0 saturated heterocycles. The summed E-state index contributed by atoms with van der Waals surface area (Å²) in [5.74, 6) is 0. The van der Waals surface area contributed by atoms with Crippen LogP contribution in [0.1, 0.15) is 161 Å². The zero-order valence-electron chi connectivity index (χ0n) is 47.6. The second kappa shape index (κ2) is 15.6. The Morgan fingerprint density at radius 2 is 1.08 bits per heavy atom. The van der Waals surface area contributed by atoms with Gasteiger partial charge in [-0.15, -0.1) is 0 Å². The van der Waals surface area contributed by atoms with Gasteiger partial charge in [0.25, 0.3) is 6.71 Å². The Labute approximate surface area is 454 Å². The summed E-state index contributed by atoms with van der Waals surface area (Å²) < 4.78 is 0. The van der Waals surface area contributed by atoms with Crippen LogP contribution >= 0.6 is 0 Å². The lowest BCUT2D eigenvalue weighted by Gasteiger charge is -2.54. The van der Waals surface area contributed by atoms with E-state index in [2.05, 4.69) is 256 Å². The summed E-state index contributed by atoms with van der Waals surface area (Å²) in [7, 11) is 0. The van der Waals surface area contributed by atoms with Gasteiger partial charge in [0.05, 0.1) is 16.8 Å². The minimum absolute atomic E-state index is 0.00868. The number of benzene rings is 8. The number of hydrogen-bond acceptors (Lipinski definition) is 3. The zero-order chi connectivity index (χ0) is 52.9. The maximum absolute atomic E-state index is 2.94. The van der Waals surface area contributed by atoms with Crippen LogP contribution in [0.3, 0.4) is 0 Å². The van der Waals surface area contributed by atoms with Gasteiger partial charge in [-0.05, 0) is 170 Å². The lowest BCUT2D eigenvalue weighted by molar-refractivity contribution is 0.195. The van der Waals surface area contributed by atoms with Crippen LogP contribution in [0.5, 0.6) is 0 Å². The molecule has 0 aromatic heterocycles. The SMILES string of the molecule is CC(C)(C)c1ccc2c(c1)B1c3cccc4c3N(c3cc(N5c6ccc(C(C)(C)C)cc6C6(C)CCc7ccccc7C56C)cc(c31)N2c1ccc(C(C)(C)C)cc1-c1ccc2ccccc2c1)C1(C)CCCCC41C. The third-order valence-corrected chi connectivity index (χ3v) is 20.9. The van der Waals surface area contributed by atoms with E-state index in [-0.39, 0.29) is 44.9 Å². The molecule has 6 aliphatic rings. The monoisotopic (exact) mass is 994 g/mol. The Kier molecular flexibility index (Phi) is 9.82. The van der Waals surface area contributed by atoms with Crippen LogP contribution in [0.2, 0.25) is 0 Å². The lowest BCUT2D eigenvalue weighted by atomic mass is 9.33. The number of hydrogen-bond donors (Lipinski definition) is 0. The standard InChI is InChI=1S/C72H76BN3/c1-66(2,3)49-29-32-59(53(40-49)48-28-27-45-21-14-15-23-47(45)39-48)74-61-34-31-51(68(7,8)9)42-58(61)73-57-26-20-25-55-65(57)76(71(12)37-19-18-36-69(55,71)10)63-44-52(43-62(74)64(63)73)75-60-33-30-50(67(4,5)6)41-56(60)70(11)38-35-46-22-16-17-24-54(46)72(70,75)13/h14-17,20-34,39-44H,18-19,35-38H2,1-13H3. The third-order valence-electron chi connectivity index (χ3n) is 20.9. The average molecular weight is 994 g/mol. The van der Waals surface area contributed by atoms with E-state index in [4.69, 9.17) is 0 Å². The molecule has 2 aliphatic carbocycles. The molecule has 8 aromatic rings. The smallest absolute Gasteiger partial charge is 0.252 e. The number of aryl methyl sites for hydroxylation is 1. The number of anilines is 7. The van der Waals surface area contributed by atoms with Crippen molar-refractivity contribution in [3.05, 3.63) is 191 Å². The fourth-order valence-corrected chi connectivity index (χ4v) is 16.1. The topological polar surface area (TPSA) is 9.72 Å². The summed E-state index contributed by atoms with van der Waals surface area (Å²) in [6, 6.07) is 60.8. The Bertz CT molecular complexity index is 3790. The van der Waals surface area contributed by atoms with Crippen molar-refractivity contribution >= 4 is 73.7 Å². The molecule has 14 rings (SSSR count). The molecular formula is C72H76BN3. The van der Waals surface area contributed by atoms with Gasteiger partial charge in [0, 0.05) is 50.5 Å². The van der Waals surface area contributed by atoms with Crippen LogP contribution in [0.15, 0.2) is 152 Å². The summed E-state index contributed by atoms with van der Waals surface area (Å²) in [6.07, 6.45) is 7.00. The first kappa shape index (κ1) is 47.9. The van der Waals surface area contributed by atoms with Crippen LogP contribution < -0.4 is 31.1 Å². The largest absolute Gasteiger partial charge is 0.335 e. The molecule has 0 amide bonds. The molecule has 0 bridgehead atoms. The van der Waals surface area contributed by atoms with Crippen molar-refractivity contribution < 1.29 is 0 Å². The molecule has 1 saturated carbocycles. The van der Waals surface area contributed by atoms with E-state index in [1.54, 1.807) is 5.56 Å². The van der Waals surface area contributed by atoms with Gasteiger partial charge in [0.1, 0.15) is 0 Å². The van der Waals surface area contributed by atoms with Gasteiger partial charge in [-0.3, -0.25) is 0 Å². The summed E-state index contributed by atoms with van der Waals surface area (Å²) in [5.41, 5.74) is 25.4. The molecule has 0 radical (unpaired) electrons. The molecule has 3 nitrogen and oxygen atoms in total. The van der Waals surface area contributed by atoms with E-state index in [0.717, 1.165) is 19.3 Å². The van der Waals surface area contributed by atoms with Crippen molar-refractivity contribution in [1.82, 2.24) is 0 Å². The Balaban J connectivity index is 1.13. The van der Waals surface area contributed by atoms with Crippen LogP contribution in [0, 0.1) is 0 Å². The van der Waals surface area contributed by atoms with Crippen molar-refractivity contribution in [2.45, 2.75) is 167 Å². The quantitative estimate of drug-likeness (QED) is 0.163. The van der Waals surface area contributed by atoms with Crippen molar-refractivity contribution in [2.75, 3.05) is 14.7 Å². The van der Waals surface area contributed by atoms with Gasteiger partial charge < -0.3 is 14.7 Å². The predicted octanol–water partition coefficient (Wildman–Crippen LogP) is 17.0. The fraction of sp³-hybridized carbons (Fsp3) is 0.361. The van der Waals surface area contributed by atoms with Crippen LogP contribution in [-0.4, -0.2) is 12.3 Å². The highest BCUT2D eigenvalue weighted by atomic mass is 15.3. The van der Waals surface area contributed by atoms with Crippen molar-refractivity contribution in [1.29, 1.82) is 0 Å². The van der Waals surface area contributed by atoms with Crippen molar-refractivity contribution in [3.8, 4) is 11.1 Å². The molecule has 4 unspecified atom stereocenters. The lowest BCUT2D eigenvalue weighted by Crippen LogP contribution is -2.64. The summed E-state index contributed by atoms with van der Waals surface area (Å²) >= 11 is 0. The zero-order valence-corrected chi connectivity index (χ0v) is 47.6. The molecule has 8 aromatic carbocycles. The third kappa shape index (κ3) is 6.25. The van der Waals surface area contributed by atoms with Gasteiger partial charge in [-0.2, -0.15) is 0 Å². The van der Waals surface area contributed by atoms with Crippen LogP contribution in [0.25, 0.3) is 21.9 Å². The minimum Gasteiger partial charge on any atom is -0.335 e. The first-order valence-corrected chi connectivity index (χ1v) is 28.8. The van der Waals surface area contributed by atoms with E-state index in [1.165, 1.54) is 131 Å². The maximum Gasteiger partial charge on any atom is 0.252 e. The Morgan fingerprint density at radius 1 is 0.447 bits per heavy atom. The molecule has 0 spiro atoms. The van der Waals surface area contributed by atoms with E-state index >= 15 is 0 Å². The average Bonchev–Trinajstić information content (AvgIpc) is 3.91. The minimum atomic E-state index is -0.378. The van der Waals surface area contributed by atoms with Crippen molar-refractivity contribution in [3.63, 3.8) is 0 Å². The number of para-hydroxylation sites is 1. The summed E-state index contributed by atoms with van der Waals surface area (Å²) in [6.45, 7) is 31.9. The van der Waals surface area contributed by atoms with Gasteiger partial charge in [-0.25, -0.2) is 0 Å². The predicted molar refractivity (Wildman–Crippen MR) is 326 cm³/mol. The van der Waals surface area contributed by atoms with Gasteiger partial charge in [0.15, 0.2) is 0 Å². The summed E-state index contributed by atoms with van der Waals surface area (Å²) in [4.78, 5) is 8.53. The molecule has 4 heterocycles. The molecule has 4 heteroatoms. The van der Waals surface area contributed by atoms with Gasteiger partial charge in [0.2, 0.25) is 0 Å². The molecule has 4 atom stereocenters. The Hall–Kier alpha value is -6.52. The first-order chi connectivity index (χ1) is 36.1. The molecular weight excluding hydrogens is 918 g/mol. The Morgan fingerprint density at radius 3 is 1.83 bits per heavy atom. The number of fused-ring (bicyclic) bond motifs is 13. The number of nitrogens with zero attached hydrogens (tertiary/aromatic N) is 3. The first-order valence-electron chi connectivity index (χ1n) is 28.8. The van der Waals surface area contributed by atoms with Crippen molar-refractivity contribution in [2.24, 2.45) is 0 Å². The molecule has 76 heavy (non-hydrogen) atoms. The van der Waals surface area contributed by atoms with E-state index in [0.29, 0.717) is 0 Å². The molecule has 4 aliphatic heterocycles. The molecule has 0 N–H and O–H groups in total. The highest BCUT2D eigenvalue weighted by Gasteiger charge is 2.63. The maximum atomic E-state index is 2.94. The summed E-state index contributed by atoms with van der Waals surface area (Å²) in [5, 5.41) is 2.52. The van der Waals surface area contributed by atoms with Gasteiger partial charge in [-0.1, -0.05) is 198 Å².